The minimum absolute atomic E-state index is 0.127. The van der Waals surface area contributed by atoms with E-state index in [1.54, 1.807) is 25.1 Å². The van der Waals surface area contributed by atoms with Crippen molar-refractivity contribution in [3.63, 3.8) is 0 Å². The smallest absolute Gasteiger partial charge is 0.412 e. The van der Waals surface area contributed by atoms with Crippen LogP contribution < -0.4 is 5.32 Å². The number of hydrogen-bond acceptors (Lipinski definition) is 7. The summed E-state index contributed by atoms with van der Waals surface area (Å²) in [5.74, 6) is 5.37. The van der Waals surface area contributed by atoms with Gasteiger partial charge in [0.1, 0.15) is 22.1 Å². The van der Waals surface area contributed by atoms with Crippen LogP contribution in [0, 0.1) is 11.8 Å². The van der Waals surface area contributed by atoms with E-state index in [9.17, 15) is 14.7 Å². The summed E-state index contributed by atoms with van der Waals surface area (Å²) in [6.07, 6.45) is 0.108. The third kappa shape index (κ3) is 4.77. The molecule has 11 heteroatoms. The fraction of sp³-hybridized carbons (Fsp3) is 0.208. The van der Waals surface area contributed by atoms with Gasteiger partial charge in [0.15, 0.2) is 5.15 Å². The van der Waals surface area contributed by atoms with Gasteiger partial charge in [0, 0.05) is 20.8 Å². The number of nitrogens with zero attached hydrogens (tertiary/aromatic N) is 1. The van der Waals surface area contributed by atoms with Gasteiger partial charge in [0.2, 0.25) is 0 Å². The predicted octanol–water partition coefficient (Wildman–Crippen LogP) is 7.55. The molecule has 35 heavy (non-hydrogen) atoms. The van der Waals surface area contributed by atoms with Crippen molar-refractivity contribution in [1.82, 2.24) is 4.37 Å². The van der Waals surface area contributed by atoms with Crippen molar-refractivity contribution in [1.29, 1.82) is 0 Å². The van der Waals surface area contributed by atoms with Crippen LogP contribution in [-0.2, 0) is 14.9 Å². The highest BCUT2D eigenvalue weighted by molar-refractivity contribution is 7.38. The molecule has 5 rings (SSSR count). The Morgan fingerprint density at radius 3 is 2.66 bits per heavy atom. The second-order valence-electron chi connectivity index (χ2n) is 7.97. The number of ether oxygens (including phenoxy) is 1. The molecule has 1 fully saturated rings. The maximum atomic E-state index is 12.5. The van der Waals surface area contributed by atoms with Crippen LogP contribution in [0.3, 0.4) is 0 Å². The number of thiophene rings is 2. The molecule has 1 amide bonds. The number of fused-ring (bicyclic) bond motifs is 1. The summed E-state index contributed by atoms with van der Waals surface area (Å²) in [6.45, 7) is 1.73. The maximum absolute atomic E-state index is 12.5. The van der Waals surface area contributed by atoms with E-state index in [1.807, 2.05) is 18.2 Å². The average molecular weight is 564 g/mol. The Labute approximate surface area is 222 Å². The Bertz CT molecular complexity index is 1490. The lowest BCUT2D eigenvalue weighted by Gasteiger charge is -2.15. The summed E-state index contributed by atoms with van der Waals surface area (Å²) in [4.78, 5) is 26.3. The Morgan fingerprint density at radius 2 is 1.97 bits per heavy atom. The zero-order valence-corrected chi connectivity index (χ0v) is 22.0. The van der Waals surface area contributed by atoms with E-state index in [0.29, 0.717) is 34.0 Å². The number of carbonyl (C=O) groups is 2. The molecular formula is C24H16Cl2N2O4S3. The van der Waals surface area contributed by atoms with Crippen molar-refractivity contribution in [2.45, 2.75) is 31.3 Å². The van der Waals surface area contributed by atoms with Gasteiger partial charge in [-0.1, -0.05) is 41.4 Å². The number of nitrogens with one attached hydrogen (secondary N) is 1. The molecule has 1 aliphatic carbocycles. The van der Waals surface area contributed by atoms with Crippen LogP contribution in [0.5, 0.6) is 0 Å². The number of aliphatic carboxylic acids is 1. The second-order valence-corrected chi connectivity index (χ2v) is 11.9. The Balaban J connectivity index is 1.30. The van der Waals surface area contributed by atoms with E-state index in [1.165, 1.54) is 22.7 Å². The third-order valence-electron chi connectivity index (χ3n) is 5.65. The number of halogens is 2. The molecule has 6 nitrogen and oxygen atoms in total. The molecule has 0 radical (unpaired) electrons. The van der Waals surface area contributed by atoms with Crippen molar-refractivity contribution >= 4 is 84.6 Å². The zero-order valence-electron chi connectivity index (χ0n) is 18.1. The number of carbonyl (C=O) groups excluding carboxylic acids is 1. The first-order valence-electron chi connectivity index (χ1n) is 10.4. The molecule has 1 unspecified atom stereocenters. The molecule has 0 bridgehead atoms. The lowest BCUT2D eigenvalue weighted by molar-refractivity contribution is -0.139. The number of amides is 1. The summed E-state index contributed by atoms with van der Waals surface area (Å²) in [7, 11) is 0. The van der Waals surface area contributed by atoms with Crippen LogP contribution in [0.4, 0.5) is 10.5 Å². The van der Waals surface area contributed by atoms with E-state index in [4.69, 9.17) is 27.9 Å². The molecular weight excluding hydrogens is 547 g/mol. The molecule has 0 saturated heterocycles. The van der Waals surface area contributed by atoms with Crippen molar-refractivity contribution < 1.29 is 19.4 Å². The lowest BCUT2D eigenvalue weighted by Crippen LogP contribution is -2.17. The molecule has 0 aliphatic heterocycles. The highest BCUT2D eigenvalue weighted by Gasteiger charge is 2.53. The molecule has 3 heterocycles. The number of anilines is 1. The van der Waals surface area contributed by atoms with Crippen LogP contribution >= 0.6 is 57.4 Å². The maximum Gasteiger partial charge on any atom is 0.412 e. The first kappa shape index (κ1) is 24.1. The van der Waals surface area contributed by atoms with Crippen LogP contribution in [0.15, 0.2) is 36.4 Å². The number of aromatic nitrogens is 1. The van der Waals surface area contributed by atoms with E-state index >= 15 is 0 Å². The van der Waals surface area contributed by atoms with E-state index in [-0.39, 0.29) is 5.15 Å². The normalized spacial score (nSPS) is 14.7. The first-order chi connectivity index (χ1) is 16.8. The molecule has 1 aromatic carbocycles. The van der Waals surface area contributed by atoms with Gasteiger partial charge in [-0.05, 0) is 61.3 Å². The molecule has 1 atom stereocenters. The average Bonchev–Trinajstić information content (AvgIpc) is 3.25. The van der Waals surface area contributed by atoms with Crippen LogP contribution in [0.25, 0.3) is 9.40 Å². The number of carboxylic acids is 1. The largest absolute Gasteiger partial charge is 0.481 e. The van der Waals surface area contributed by atoms with Gasteiger partial charge < -0.3 is 9.84 Å². The number of benzene rings is 1. The zero-order chi connectivity index (χ0) is 24.7. The fourth-order valence-corrected chi connectivity index (χ4v) is 7.30. The van der Waals surface area contributed by atoms with Gasteiger partial charge in [-0.2, -0.15) is 4.37 Å². The molecule has 1 aliphatic rings. The summed E-state index contributed by atoms with van der Waals surface area (Å²) in [6, 6.07) is 11.0. The van der Waals surface area contributed by atoms with Gasteiger partial charge in [0.05, 0.1) is 8.89 Å². The second kappa shape index (κ2) is 9.45. The van der Waals surface area contributed by atoms with Crippen molar-refractivity contribution in [2.75, 3.05) is 5.32 Å². The number of carboxylic acid groups (broad SMARTS) is 1. The molecule has 0 spiro atoms. The van der Waals surface area contributed by atoms with Crippen LogP contribution in [0.1, 0.15) is 46.1 Å². The van der Waals surface area contributed by atoms with Gasteiger partial charge in [0.25, 0.3) is 0 Å². The molecule has 178 valence electrons. The van der Waals surface area contributed by atoms with E-state index in [0.717, 1.165) is 30.7 Å². The van der Waals surface area contributed by atoms with Gasteiger partial charge in [-0.25, -0.2) is 4.79 Å². The summed E-state index contributed by atoms with van der Waals surface area (Å²) in [5.41, 5.74) is 0.279. The third-order valence-corrected chi connectivity index (χ3v) is 9.64. The predicted molar refractivity (Wildman–Crippen MR) is 141 cm³/mol. The molecule has 4 aromatic rings. The van der Waals surface area contributed by atoms with E-state index in [2.05, 4.69) is 21.5 Å². The Hall–Kier alpha value is -2.61. The molecule has 3 aromatic heterocycles. The summed E-state index contributed by atoms with van der Waals surface area (Å²) in [5, 5.41) is 13.8. The quantitative estimate of drug-likeness (QED) is 0.245. The minimum Gasteiger partial charge on any atom is -0.481 e. The van der Waals surface area contributed by atoms with Crippen molar-refractivity contribution in [2.24, 2.45) is 0 Å². The SMILES string of the molecule is CC(OC(=O)Nc1c(Cl)nsc1C#Cc1cc2cc(C3(C(=O)O)CC3)sc2s1)c1ccccc1Cl. The lowest BCUT2D eigenvalue weighted by atomic mass is 10.1. The topological polar surface area (TPSA) is 88.5 Å². The van der Waals surface area contributed by atoms with E-state index < -0.39 is 23.6 Å². The number of rotatable bonds is 5. The van der Waals surface area contributed by atoms with Gasteiger partial charge in [-0.15, -0.1) is 22.7 Å². The fourth-order valence-electron chi connectivity index (χ4n) is 3.57. The Kier molecular flexibility index (Phi) is 6.51. The van der Waals surface area contributed by atoms with Crippen molar-refractivity contribution in [3.05, 3.63) is 66.8 Å². The highest BCUT2D eigenvalue weighted by atomic mass is 35.5. The Morgan fingerprint density at radius 1 is 1.20 bits per heavy atom. The van der Waals surface area contributed by atoms with Crippen LogP contribution in [-0.4, -0.2) is 21.5 Å². The highest BCUT2D eigenvalue weighted by Crippen LogP contribution is 2.52. The minimum atomic E-state index is -0.756. The summed E-state index contributed by atoms with van der Waals surface area (Å²) >= 11 is 16.5. The van der Waals surface area contributed by atoms with Gasteiger partial charge >= 0.3 is 12.1 Å². The standard InChI is InChI=1S/C24H16Cl2N2O4S3/c1-12(15-4-2-3-5-16(15)25)32-23(31)27-19-17(35-28-20(19)26)7-6-14-10-13-11-18(34-21(13)33-14)24(8-9-24)22(29)30/h2-5,10-12H,8-9H2,1H3,(H,27,31)(H,29,30). The van der Waals surface area contributed by atoms with Crippen LogP contribution in [0.2, 0.25) is 10.2 Å². The summed E-state index contributed by atoms with van der Waals surface area (Å²) < 4.78 is 10.6. The molecule has 2 N–H and O–H groups in total. The van der Waals surface area contributed by atoms with Crippen molar-refractivity contribution in [3.8, 4) is 11.8 Å². The monoisotopic (exact) mass is 562 g/mol. The first-order valence-corrected chi connectivity index (χ1v) is 13.6. The number of hydrogen-bond donors (Lipinski definition) is 2. The van der Waals surface area contributed by atoms with Gasteiger partial charge in [-0.3, -0.25) is 10.1 Å². The molecule has 1 saturated carbocycles.